The Bertz CT molecular complexity index is 405. The molecule has 1 saturated heterocycles. The van der Waals surface area contributed by atoms with E-state index in [0.717, 1.165) is 19.5 Å². The zero-order chi connectivity index (χ0) is 11.5. The predicted octanol–water partition coefficient (Wildman–Crippen LogP) is 2.10. The van der Waals surface area contributed by atoms with Crippen LogP contribution in [0.1, 0.15) is 6.42 Å². The highest BCUT2D eigenvalue weighted by Gasteiger charge is 2.23. The Balaban J connectivity index is 2.26. The van der Waals surface area contributed by atoms with Gasteiger partial charge in [0, 0.05) is 12.6 Å². The van der Waals surface area contributed by atoms with Crippen molar-refractivity contribution in [2.75, 3.05) is 13.1 Å². The average molecular weight is 287 g/mol. The van der Waals surface area contributed by atoms with E-state index in [-0.39, 0.29) is 11.8 Å². The molecule has 86 valence electrons. The minimum absolute atomic E-state index is 0.00118. The number of para-hydroxylation sites is 1. The molecule has 0 saturated carbocycles. The monoisotopic (exact) mass is 286 g/mol. The summed E-state index contributed by atoms with van der Waals surface area (Å²) in [5, 5.41) is 14.0. The lowest BCUT2D eigenvalue weighted by molar-refractivity contribution is -0.386. The SMILES string of the molecule is O=[N+]([O-])c1cccc(Br)c1O[C@H]1CCNC1. The van der Waals surface area contributed by atoms with Crippen molar-refractivity contribution in [3.05, 3.63) is 32.8 Å². The van der Waals surface area contributed by atoms with Gasteiger partial charge in [0.25, 0.3) is 0 Å². The Hall–Kier alpha value is -1.14. The van der Waals surface area contributed by atoms with E-state index < -0.39 is 4.92 Å². The van der Waals surface area contributed by atoms with E-state index in [0.29, 0.717) is 10.2 Å². The summed E-state index contributed by atoms with van der Waals surface area (Å²) >= 11 is 3.27. The molecule has 0 spiro atoms. The molecule has 1 N–H and O–H groups in total. The number of rotatable bonds is 3. The second-order valence-electron chi connectivity index (χ2n) is 3.58. The van der Waals surface area contributed by atoms with Crippen LogP contribution >= 0.6 is 15.9 Å². The van der Waals surface area contributed by atoms with Crippen LogP contribution in [0.2, 0.25) is 0 Å². The number of hydrogen-bond acceptors (Lipinski definition) is 4. The van der Waals surface area contributed by atoms with Gasteiger partial charge in [0.1, 0.15) is 6.10 Å². The fourth-order valence-electron chi connectivity index (χ4n) is 1.65. The normalized spacial score (nSPS) is 19.7. The number of nitro groups is 1. The summed E-state index contributed by atoms with van der Waals surface area (Å²) in [6, 6.07) is 4.81. The van der Waals surface area contributed by atoms with Gasteiger partial charge < -0.3 is 10.1 Å². The van der Waals surface area contributed by atoms with Crippen LogP contribution < -0.4 is 10.1 Å². The molecule has 2 rings (SSSR count). The highest BCUT2D eigenvalue weighted by molar-refractivity contribution is 9.10. The summed E-state index contributed by atoms with van der Waals surface area (Å²) in [6.07, 6.45) is 0.885. The second kappa shape index (κ2) is 4.80. The first kappa shape index (κ1) is 11.3. The molecule has 1 aliphatic rings. The number of nitrogens with one attached hydrogen (secondary N) is 1. The van der Waals surface area contributed by atoms with Gasteiger partial charge in [0.05, 0.1) is 9.40 Å². The lowest BCUT2D eigenvalue weighted by atomic mass is 10.2. The van der Waals surface area contributed by atoms with Crippen LogP contribution in [0.25, 0.3) is 0 Å². The number of nitrogens with zero attached hydrogens (tertiary/aromatic N) is 1. The maximum atomic E-state index is 10.8. The second-order valence-corrected chi connectivity index (χ2v) is 4.43. The third-order valence-electron chi connectivity index (χ3n) is 2.44. The average Bonchev–Trinajstić information content (AvgIpc) is 2.73. The largest absolute Gasteiger partial charge is 0.481 e. The van der Waals surface area contributed by atoms with Crippen LogP contribution in [0, 0.1) is 10.1 Å². The van der Waals surface area contributed by atoms with Crippen molar-refractivity contribution in [2.24, 2.45) is 0 Å². The Morgan fingerprint density at radius 3 is 3.00 bits per heavy atom. The third kappa shape index (κ3) is 2.33. The van der Waals surface area contributed by atoms with Crippen LogP contribution in [-0.2, 0) is 0 Å². The molecule has 0 unspecified atom stereocenters. The van der Waals surface area contributed by atoms with E-state index in [1.165, 1.54) is 6.07 Å². The summed E-state index contributed by atoms with van der Waals surface area (Å²) < 4.78 is 6.27. The van der Waals surface area contributed by atoms with Gasteiger partial charge in [-0.2, -0.15) is 0 Å². The topological polar surface area (TPSA) is 64.4 Å². The van der Waals surface area contributed by atoms with Crippen molar-refractivity contribution in [3.63, 3.8) is 0 Å². The third-order valence-corrected chi connectivity index (χ3v) is 3.07. The molecule has 0 amide bonds. The predicted molar refractivity (Wildman–Crippen MR) is 62.7 cm³/mol. The van der Waals surface area contributed by atoms with Crippen molar-refractivity contribution in [1.82, 2.24) is 5.32 Å². The Morgan fingerprint density at radius 1 is 1.56 bits per heavy atom. The smallest absolute Gasteiger partial charge is 0.312 e. The zero-order valence-corrected chi connectivity index (χ0v) is 10.1. The molecule has 0 aliphatic carbocycles. The van der Waals surface area contributed by atoms with Gasteiger partial charge in [-0.1, -0.05) is 6.07 Å². The maximum Gasteiger partial charge on any atom is 0.312 e. The van der Waals surface area contributed by atoms with Crippen molar-refractivity contribution in [2.45, 2.75) is 12.5 Å². The summed E-state index contributed by atoms with van der Waals surface area (Å²) in [5.41, 5.74) is 0.00118. The van der Waals surface area contributed by atoms with Crippen LogP contribution in [0.3, 0.4) is 0 Å². The standard InChI is InChI=1S/C10H11BrN2O3/c11-8-2-1-3-9(13(14)15)10(8)16-7-4-5-12-6-7/h1-3,7,12H,4-6H2/t7-/m0/s1. The first-order chi connectivity index (χ1) is 7.68. The van der Waals surface area contributed by atoms with Gasteiger partial charge in [-0.15, -0.1) is 0 Å². The maximum absolute atomic E-state index is 10.8. The molecular weight excluding hydrogens is 276 g/mol. The number of halogens is 1. The van der Waals surface area contributed by atoms with E-state index in [4.69, 9.17) is 4.74 Å². The van der Waals surface area contributed by atoms with E-state index in [9.17, 15) is 10.1 Å². The van der Waals surface area contributed by atoms with Crippen LogP contribution in [0.4, 0.5) is 5.69 Å². The molecule has 1 fully saturated rings. The molecular formula is C10H11BrN2O3. The quantitative estimate of drug-likeness (QED) is 0.683. The van der Waals surface area contributed by atoms with E-state index >= 15 is 0 Å². The molecule has 6 heteroatoms. The molecule has 16 heavy (non-hydrogen) atoms. The lowest BCUT2D eigenvalue weighted by Crippen LogP contribution is -2.20. The van der Waals surface area contributed by atoms with Gasteiger partial charge in [-0.3, -0.25) is 10.1 Å². The molecule has 5 nitrogen and oxygen atoms in total. The molecule has 0 aromatic heterocycles. The van der Waals surface area contributed by atoms with E-state index in [1.54, 1.807) is 12.1 Å². The zero-order valence-electron chi connectivity index (χ0n) is 8.48. The van der Waals surface area contributed by atoms with Crippen molar-refractivity contribution >= 4 is 21.6 Å². The molecule has 1 aromatic rings. The fourth-order valence-corrected chi connectivity index (χ4v) is 2.10. The minimum atomic E-state index is -0.428. The highest BCUT2D eigenvalue weighted by atomic mass is 79.9. The molecule has 1 aliphatic heterocycles. The number of ether oxygens (including phenoxy) is 1. The number of hydrogen-bond donors (Lipinski definition) is 1. The number of benzene rings is 1. The number of nitro benzene ring substituents is 1. The first-order valence-corrected chi connectivity index (χ1v) is 5.78. The Labute approximate surface area is 101 Å². The summed E-state index contributed by atoms with van der Waals surface area (Å²) in [6.45, 7) is 1.63. The van der Waals surface area contributed by atoms with Gasteiger partial charge in [0.15, 0.2) is 0 Å². The molecule has 1 atom stereocenters. The van der Waals surface area contributed by atoms with E-state index in [1.807, 2.05) is 0 Å². The van der Waals surface area contributed by atoms with Crippen molar-refractivity contribution in [1.29, 1.82) is 0 Å². The lowest BCUT2D eigenvalue weighted by Gasteiger charge is -2.13. The molecule has 1 aromatic carbocycles. The highest BCUT2D eigenvalue weighted by Crippen LogP contribution is 2.35. The van der Waals surface area contributed by atoms with Crippen molar-refractivity contribution in [3.8, 4) is 5.75 Å². The Morgan fingerprint density at radius 2 is 2.38 bits per heavy atom. The van der Waals surface area contributed by atoms with Crippen LogP contribution in [0.5, 0.6) is 5.75 Å². The molecule has 0 radical (unpaired) electrons. The molecule has 0 bridgehead atoms. The fraction of sp³-hybridized carbons (Fsp3) is 0.400. The van der Waals surface area contributed by atoms with Crippen LogP contribution in [-0.4, -0.2) is 24.1 Å². The van der Waals surface area contributed by atoms with Crippen molar-refractivity contribution < 1.29 is 9.66 Å². The van der Waals surface area contributed by atoms with E-state index in [2.05, 4.69) is 21.2 Å². The van der Waals surface area contributed by atoms with Gasteiger partial charge in [-0.05, 0) is 35.0 Å². The summed E-state index contributed by atoms with van der Waals surface area (Å²) in [4.78, 5) is 10.4. The van der Waals surface area contributed by atoms with Crippen LogP contribution in [0.15, 0.2) is 22.7 Å². The van der Waals surface area contributed by atoms with Gasteiger partial charge in [0.2, 0.25) is 5.75 Å². The Kier molecular flexibility index (Phi) is 3.40. The molecule has 1 heterocycles. The summed E-state index contributed by atoms with van der Waals surface area (Å²) in [5.74, 6) is 0.321. The van der Waals surface area contributed by atoms with Gasteiger partial charge in [-0.25, -0.2) is 0 Å². The summed E-state index contributed by atoms with van der Waals surface area (Å²) in [7, 11) is 0. The van der Waals surface area contributed by atoms with Gasteiger partial charge >= 0.3 is 5.69 Å². The minimum Gasteiger partial charge on any atom is -0.481 e. The first-order valence-electron chi connectivity index (χ1n) is 4.99.